The van der Waals surface area contributed by atoms with E-state index < -0.39 is 0 Å². The van der Waals surface area contributed by atoms with E-state index in [1.807, 2.05) is 42.5 Å². The number of benzene rings is 4. The number of aromatic hydroxyl groups is 1. The zero-order valence-electron chi connectivity index (χ0n) is 30.3. The van der Waals surface area contributed by atoms with Crippen molar-refractivity contribution in [1.29, 1.82) is 0 Å². The summed E-state index contributed by atoms with van der Waals surface area (Å²) in [5, 5.41) is 27.1. The first kappa shape index (κ1) is 41.0. The standard InChI is InChI=1S/C39H45IN8O7/c40-15-19-52-23-24-53-21-17-42-36(51)29-9-11-31(12-10-29)44-38-46-37(47-39(48-38)45-32-13-14-33-30(27-32)7-4-8-34(33)49)43-18-22-55-26-25-54-20-16-41-35(50)28-5-2-1-3-6-28/h1-14,27,49H,15-26H2,(H,41,50)(H,42,51)(H3,43,44,45,46,47,48). The summed E-state index contributed by atoms with van der Waals surface area (Å²) < 4.78 is 23.1. The minimum absolute atomic E-state index is 0.140. The maximum atomic E-state index is 12.6. The third-order valence-corrected chi connectivity index (χ3v) is 8.19. The Kier molecular flexibility index (Phi) is 17.1. The summed E-state index contributed by atoms with van der Waals surface area (Å²) in [6.07, 6.45) is 0. The molecule has 0 saturated heterocycles. The minimum Gasteiger partial charge on any atom is -0.507 e. The molecule has 16 heteroatoms. The smallest absolute Gasteiger partial charge is 0.251 e. The summed E-state index contributed by atoms with van der Waals surface area (Å²) in [4.78, 5) is 38.4. The second-order valence-corrected chi connectivity index (χ2v) is 12.9. The van der Waals surface area contributed by atoms with Gasteiger partial charge in [0.1, 0.15) is 5.75 Å². The highest BCUT2D eigenvalue weighted by molar-refractivity contribution is 14.1. The van der Waals surface area contributed by atoms with Crippen molar-refractivity contribution in [2.75, 3.05) is 92.9 Å². The van der Waals surface area contributed by atoms with Crippen molar-refractivity contribution >= 4 is 74.4 Å². The zero-order valence-corrected chi connectivity index (χ0v) is 32.4. The molecule has 0 spiro atoms. The highest BCUT2D eigenvalue weighted by atomic mass is 127. The van der Waals surface area contributed by atoms with Gasteiger partial charge in [0.2, 0.25) is 17.8 Å². The Hall–Kier alpha value is -5.14. The van der Waals surface area contributed by atoms with Crippen LogP contribution in [0, 0.1) is 0 Å². The van der Waals surface area contributed by atoms with E-state index in [-0.39, 0.29) is 29.5 Å². The molecule has 0 bridgehead atoms. The number of nitrogens with zero attached hydrogens (tertiary/aromatic N) is 3. The first-order valence-electron chi connectivity index (χ1n) is 17.8. The Morgan fingerprint density at radius 2 is 1.11 bits per heavy atom. The molecule has 15 nitrogen and oxygen atoms in total. The number of rotatable bonds is 24. The van der Waals surface area contributed by atoms with Gasteiger partial charge >= 0.3 is 0 Å². The molecule has 5 rings (SSSR count). The van der Waals surface area contributed by atoms with E-state index in [1.165, 1.54) is 0 Å². The van der Waals surface area contributed by atoms with Crippen molar-refractivity contribution in [3.05, 3.63) is 102 Å². The van der Waals surface area contributed by atoms with Crippen LogP contribution in [0.3, 0.4) is 0 Å². The van der Waals surface area contributed by atoms with Gasteiger partial charge in [0, 0.05) is 51.9 Å². The molecule has 1 heterocycles. The first-order chi connectivity index (χ1) is 27.0. The molecule has 2 amide bonds. The summed E-state index contributed by atoms with van der Waals surface area (Å²) in [5.74, 6) is 0.705. The van der Waals surface area contributed by atoms with Gasteiger partial charge in [-0.15, -0.1) is 0 Å². The SMILES string of the molecule is O=C(NCCOCCOCCI)c1ccc(Nc2nc(NCCOCCOCCNC(=O)c3ccccc3)nc(Nc3ccc4c(O)cccc4c3)n2)cc1. The fourth-order valence-electron chi connectivity index (χ4n) is 5.07. The van der Waals surface area contributed by atoms with Crippen LogP contribution in [0.25, 0.3) is 10.8 Å². The van der Waals surface area contributed by atoms with Gasteiger partial charge in [0.05, 0.1) is 52.9 Å². The van der Waals surface area contributed by atoms with Crippen LogP contribution in [0.4, 0.5) is 29.2 Å². The monoisotopic (exact) mass is 864 g/mol. The Bertz CT molecular complexity index is 1940. The Morgan fingerprint density at radius 3 is 1.75 bits per heavy atom. The lowest BCUT2D eigenvalue weighted by Gasteiger charge is -2.13. The van der Waals surface area contributed by atoms with Gasteiger partial charge in [-0.3, -0.25) is 9.59 Å². The van der Waals surface area contributed by atoms with Crippen LogP contribution in [0.1, 0.15) is 20.7 Å². The molecule has 0 unspecified atom stereocenters. The number of amides is 2. The molecule has 0 aliphatic rings. The number of hydrogen-bond acceptors (Lipinski definition) is 13. The van der Waals surface area contributed by atoms with Crippen LogP contribution in [-0.2, 0) is 18.9 Å². The normalized spacial score (nSPS) is 10.9. The molecule has 0 aliphatic heterocycles. The van der Waals surface area contributed by atoms with Gasteiger partial charge in [-0.05, 0) is 66.0 Å². The van der Waals surface area contributed by atoms with Gasteiger partial charge in [-0.2, -0.15) is 15.0 Å². The molecule has 6 N–H and O–H groups in total. The van der Waals surface area contributed by atoms with E-state index in [4.69, 9.17) is 18.9 Å². The van der Waals surface area contributed by atoms with Crippen LogP contribution in [0.2, 0.25) is 0 Å². The lowest BCUT2D eigenvalue weighted by atomic mass is 10.1. The second-order valence-electron chi connectivity index (χ2n) is 11.8. The lowest BCUT2D eigenvalue weighted by Crippen LogP contribution is -2.27. The number of nitrogens with one attached hydrogen (secondary N) is 5. The molecular formula is C39H45IN8O7. The molecule has 290 valence electrons. The molecule has 0 saturated carbocycles. The fourth-order valence-corrected chi connectivity index (χ4v) is 5.39. The maximum absolute atomic E-state index is 12.6. The van der Waals surface area contributed by atoms with E-state index >= 15 is 0 Å². The molecule has 1 aromatic heterocycles. The highest BCUT2D eigenvalue weighted by Crippen LogP contribution is 2.28. The summed E-state index contributed by atoms with van der Waals surface area (Å²) in [6, 6.07) is 26.9. The van der Waals surface area contributed by atoms with Crippen LogP contribution in [0.15, 0.2) is 91.0 Å². The van der Waals surface area contributed by atoms with Crippen molar-refractivity contribution < 1.29 is 33.6 Å². The summed E-state index contributed by atoms with van der Waals surface area (Å²) in [7, 11) is 0. The average Bonchev–Trinajstić information content (AvgIpc) is 3.20. The summed E-state index contributed by atoms with van der Waals surface area (Å²) in [6.45, 7) is 4.78. The number of carbonyl (C=O) groups excluding carboxylic acids is 2. The third-order valence-electron chi connectivity index (χ3n) is 7.75. The number of hydrogen-bond donors (Lipinski definition) is 6. The van der Waals surface area contributed by atoms with Crippen LogP contribution in [0.5, 0.6) is 5.75 Å². The molecule has 0 aliphatic carbocycles. The maximum Gasteiger partial charge on any atom is 0.251 e. The van der Waals surface area contributed by atoms with Crippen molar-refractivity contribution in [2.24, 2.45) is 0 Å². The number of phenols is 1. The van der Waals surface area contributed by atoms with Crippen LogP contribution < -0.4 is 26.6 Å². The van der Waals surface area contributed by atoms with E-state index in [0.717, 1.165) is 20.9 Å². The van der Waals surface area contributed by atoms with Crippen LogP contribution >= 0.6 is 22.6 Å². The molecule has 0 atom stereocenters. The number of ether oxygens (including phenoxy) is 4. The number of fused-ring (bicyclic) bond motifs is 1. The topological polar surface area (TPSA) is 190 Å². The largest absolute Gasteiger partial charge is 0.507 e. The van der Waals surface area contributed by atoms with E-state index in [0.29, 0.717) is 95.3 Å². The molecule has 0 radical (unpaired) electrons. The number of aromatic nitrogens is 3. The average molecular weight is 865 g/mol. The first-order valence-corrected chi connectivity index (χ1v) is 19.4. The molecule has 4 aromatic carbocycles. The van der Waals surface area contributed by atoms with Gasteiger partial charge in [0.25, 0.3) is 11.8 Å². The van der Waals surface area contributed by atoms with Crippen molar-refractivity contribution in [3.8, 4) is 5.75 Å². The second kappa shape index (κ2) is 22.9. The van der Waals surface area contributed by atoms with Gasteiger partial charge in [0.15, 0.2) is 0 Å². The Balaban J connectivity index is 1.11. The highest BCUT2D eigenvalue weighted by Gasteiger charge is 2.11. The van der Waals surface area contributed by atoms with Gasteiger partial charge in [-0.1, -0.05) is 52.9 Å². The van der Waals surface area contributed by atoms with Crippen LogP contribution in [-0.4, -0.2) is 109 Å². The lowest BCUT2D eigenvalue weighted by molar-refractivity contribution is 0.0519. The number of alkyl halides is 1. The number of carbonyl (C=O) groups is 2. The minimum atomic E-state index is -0.209. The fraction of sp³-hybridized carbons (Fsp3) is 0.308. The van der Waals surface area contributed by atoms with Crippen molar-refractivity contribution in [3.63, 3.8) is 0 Å². The predicted molar refractivity (Wildman–Crippen MR) is 220 cm³/mol. The Morgan fingerprint density at radius 1 is 0.564 bits per heavy atom. The van der Waals surface area contributed by atoms with Gasteiger partial charge < -0.3 is 50.6 Å². The molecule has 55 heavy (non-hydrogen) atoms. The number of halogens is 1. The number of anilines is 5. The van der Waals surface area contributed by atoms with Crippen molar-refractivity contribution in [2.45, 2.75) is 0 Å². The van der Waals surface area contributed by atoms with E-state index in [1.54, 1.807) is 48.5 Å². The molecular weight excluding hydrogens is 819 g/mol. The number of phenolic OH excluding ortho intramolecular Hbond substituents is 1. The summed E-state index contributed by atoms with van der Waals surface area (Å²) in [5.41, 5.74) is 2.49. The third kappa shape index (κ3) is 14.2. The Labute approximate surface area is 333 Å². The predicted octanol–water partition coefficient (Wildman–Crippen LogP) is 5.29. The van der Waals surface area contributed by atoms with E-state index in [2.05, 4.69) is 64.1 Å². The summed E-state index contributed by atoms with van der Waals surface area (Å²) >= 11 is 2.25. The molecule has 5 aromatic rings. The van der Waals surface area contributed by atoms with E-state index in [9.17, 15) is 14.7 Å². The van der Waals surface area contributed by atoms with Crippen molar-refractivity contribution in [1.82, 2.24) is 25.6 Å². The van der Waals surface area contributed by atoms with Gasteiger partial charge in [-0.25, -0.2) is 0 Å². The quantitative estimate of drug-likeness (QED) is 0.0267. The zero-order chi connectivity index (χ0) is 38.5. The molecule has 0 fully saturated rings.